The molecular weight excluding hydrogens is 274 g/mol. The summed E-state index contributed by atoms with van der Waals surface area (Å²) in [6, 6.07) is 0. The van der Waals surface area contributed by atoms with Gasteiger partial charge in [-0.3, -0.25) is 4.79 Å². The molecule has 1 N–H and O–H groups in total. The average molecular weight is 301 g/mol. The van der Waals surface area contributed by atoms with Crippen LogP contribution in [0.1, 0.15) is 57.8 Å². The lowest BCUT2D eigenvalue weighted by atomic mass is 9.91. The SMILES string of the molecule is O=C(CC1CCS(=O)(=O)C1)NCC1CCCCCCC1. The van der Waals surface area contributed by atoms with Crippen molar-refractivity contribution in [2.75, 3.05) is 18.1 Å². The number of hydrogen-bond donors (Lipinski definition) is 1. The van der Waals surface area contributed by atoms with Crippen molar-refractivity contribution in [3.8, 4) is 0 Å². The third-order valence-corrected chi connectivity index (χ3v) is 6.45. The highest BCUT2D eigenvalue weighted by atomic mass is 32.2. The summed E-state index contributed by atoms with van der Waals surface area (Å²) in [7, 11) is -2.87. The molecule has 0 spiro atoms. The summed E-state index contributed by atoms with van der Waals surface area (Å²) >= 11 is 0. The minimum Gasteiger partial charge on any atom is -0.356 e. The van der Waals surface area contributed by atoms with Gasteiger partial charge in [-0.25, -0.2) is 8.42 Å². The van der Waals surface area contributed by atoms with Gasteiger partial charge in [-0.05, 0) is 31.1 Å². The zero-order chi connectivity index (χ0) is 14.4. The normalized spacial score (nSPS) is 27.7. The first-order valence-electron chi connectivity index (χ1n) is 8.02. The highest BCUT2D eigenvalue weighted by Crippen LogP contribution is 2.23. The van der Waals surface area contributed by atoms with Crippen molar-refractivity contribution in [1.82, 2.24) is 5.32 Å². The van der Waals surface area contributed by atoms with Gasteiger partial charge in [0.25, 0.3) is 0 Å². The molecule has 116 valence electrons. The van der Waals surface area contributed by atoms with E-state index in [4.69, 9.17) is 0 Å². The molecule has 5 heteroatoms. The first-order valence-corrected chi connectivity index (χ1v) is 9.84. The maximum Gasteiger partial charge on any atom is 0.220 e. The van der Waals surface area contributed by atoms with E-state index in [0.717, 1.165) is 6.54 Å². The van der Waals surface area contributed by atoms with Gasteiger partial charge in [0.1, 0.15) is 0 Å². The topological polar surface area (TPSA) is 63.2 Å². The molecule has 0 aromatic rings. The lowest BCUT2D eigenvalue weighted by Crippen LogP contribution is -2.31. The van der Waals surface area contributed by atoms with Crippen LogP contribution in [-0.4, -0.2) is 32.4 Å². The molecule has 4 nitrogen and oxygen atoms in total. The van der Waals surface area contributed by atoms with Crippen LogP contribution in [0.3, 0.4) is 0 Å². The summed E-state index contributed by atoms with van der Waals surface area (Å²) in [5, 5.41) is 3.02. The molecule has 1 heterocycles. The van der Waals surface area contributed by atoms with Crippen molar-refractivity contribution in [2.24, 2.45) is 11.8 Å². The zero-order valence-corrected chi connectivity index (χ0v) is 13.1. The van der Waals surface area contributed by atoms with Crippen molar-refractivity contribution in [3.63, 3.8) is 0 Å². The highest BCUT2D eigenvalue weighted by Gasteiger charge is 2.29. The number of rotatable bonds is 4. The largest absolute Gasteiger partial charge is 0.356 e. The molecule has 0 radical (unpaired) electrons. The molecule has 1 amide bonds. The third kappa shape index (κ3) is 5.43. The zero-order valence-electron chi connectivity index (χ0n) is 12.3. The van der Waals surface area contributed by atoms with E-state index in [9.17, 15) is 13.2 Å². The second kappa shape index (κ2) is 7.43. The van der Waals surface area contributed by atoms with Gasteiger partial charge < -0.3 is 5.32 Å². The summed E-state index contributed by atoms with van der Waals surface area (Å²) in [4.78, 5) is 11.9. The number of carbonyl (C=O) groups excluding carboxylic acids is 1. The first-order chi connectivity index (χ1) is 9.55. The Balaban J connectivity index is 1.66. The molecule has 0 aromatic heterocycles. The molecule has 1 aliphatic carbocycles. The van der Waals surface area contributed by atoms with E-state index >= 15 is 0 Å². The van der Waals surface area contributed by atoms with Gasteiger partial charge in [-0.2, -0.15) is 0 Å². The minimum absolute atomic E-state index is 0.0363. The van der Waals surface area contributed by atoms with Gasteiger partial charge in [0.05, 0.1) is 11.5 Å². The van der Waals surface area contributed by atoms with E-state index in [-0.39, 0.29) is 23.3 Å². The van der Waals surface area contributed by atoms with Gasteiger partial charge in [0, 0.05) is 13.0 Å². The summed E-state index contributed by atoms with van der Waals surface area (Å²) in [6.07, 6.45) is 10.0. The lowest BCUT2D eigenvalue weighted by Gasteiger charge is -2.20. The molecule has 0 aromatic carbocycles. The summed E-state index contributed by atoms with van der Waals surface area (Å²) in [5.41, 5.74) is 0. The Labute approximate surface area is 122 Å². The molecule has 1 saturated heterocycles. The summed E-state index contributed by atoms with van der Waals surface area (Å²) < 4.78 is 22.7. The Morgan fingerprint density at radius 1 is 0.950 bits per heavy atom. The molecule has 1 saturated carbocycles. The van der Waals surface area contributed by atoms with Crippen LogP contribution >= 0.6 is 0 Å². The molecule has 1 aliphatic heterocycles. The summed E-state index contributed by atoms with van der Waals surface area (Å²) in [5.74, 6) is 1.15. The van der Waals surface area contributed by atoms with Crippen LogP contribution in [0.25, 0.3) is 0 Å². The van der Waals surface area contributed by atoms with E-state index < -0.39 is 9.84 Å². The Kier molecular flexibility index (Phi) is 5.87. The van der Waals surface area contributed by atoms with E-state index in [1.807, 2.05) is 0 Å². The molecule has 20 heavy (non-hydrogen) atoms. The molecule has 0 bridgehead atoms. The molecule has 2 fully saturated rings. The Hall–Kier alpha value is -0.580. The van der Waals surface area contributed by atoms with Gasteiger partial charge in [0.2, 0.25) is 5.91 Å². The smallest absolute Gasteiger partial charge is 0.220 e. The van der Waals surface area contributed by atoms with Crippen LogP contribution in [0.15, 0.2) is 0 Å². The average Bonchev–Trinajstić information content (AvgIpc) is 2.67. The monoisotopic (exact) mass is 301 g/mol. The molecular formula is C15H27NO3S. The summed E-state index contributed by atoms with van der Waals surface area (Å²) in [6.45, 7) is 0.776. The maximum atomic E-state index is 11.9. The van der Waals surface area contributed by atoms with E-state index in [1.165, 1.54) is 44.9 Å². The molecule has 2 rings (SSSR count). The first kappa shape index (κ1) is 15.8. The lowest BCUT2D eigenvalue weighted by molar-refractivity contribution is -0.122. The quantitative estimate of drug-likeness (QED) is 0.866. The number of amides is 1. The van der Waals surface area contributed by atoms with Crippen LogP contribution in [0.5, 0.6) is 0 Å². The number of hydrogen-bond acceptors (Lipinski definition) is 3. The van der Waals surface area contributed by atoms with E-state index in [1.54, 1.807) is 0 Å². The van der Waals surface area contributed by atoms with Gasteiger partial charge in [0.15, 0.2) is 9.84 Å². The minimum atomic E-state index is -2.87. The third-order valence-electron chi connectivity index (χ3n) is 4.61. The van der Waals surface area contributed by atoms with Crippen molar-refractivity contribution < 1.29 is 13.2 Å². The predicted molar refractivity (Wildman–Crippen MR) is 80.2 cm³/mol. The highest BCUT2D eigenvalue weighted by molar-refractivity contribution is 7.91. The van der Waals surface area contributed by atoms with Crippen molar-refractivity contribution in [3.05, 3.63) is 0 Å². The molecule has 1 unspecified atom stereocenters. The fourth-order valence-corrected chi connectivity index (χ4v) is 5.23. The van der Waals surface area contributed by atoms with E-state index in [0.29, 0.717) is 18.8 Å². The number of sulfone groups is 1. The predicted octanol–water partition coefficient (Wildman–Crippen LogP) is 2.29. The number of carbonyl (C=O) groups is 1. The van der Waals surface area contributed by atoms with Crippen LogP contribution in [-0.2, 0) is 14.6 Å². The fraction of sp³-hybridized carbons (Fsp3) is 0.933. The van der Waals surface area contributed by atoms with Gasteiger partial charge in [-0.15, -0.1) is 0 Å². The van der Waals surface area contributed by atoms with Gasteiger partial charge in [-0.1, -0.05) is 32.1 Å². The maximum absolute atomic E-state index is 11.9. The molecule has 2 aliphatic rings. The van der Waals surface area contributed by atoms with Crippen LogP contribution in [0.4, 0.5) is 0 Å². The van der Waals surface area contributed by atoms with Crippen LogP contribution < -0.4 is 5.32 Å². The van der Waals surface area contributed by atoms with Crippen LogP contribution in [0.2, 0.25) is 0 Å². The Morgan fingerprint density at radius 2 is 1.60 bits per heavy atom. The van der Waals surface area contributed by atoms with Gasteiger partial charge >= 0.3 is 0 Å². The molecule has 1 atom stereocenters. The standard InChI is InChI=1S/C15H27NO3S/c17-15(10-14-8-9-20(18,19)12-14)16-11-13-6-4-2-1-3-5-7-13/h13-14H,1-12H2,(H,16,17). The van der Waals surface area contributed by atoms with Crippen LogP contribution in [0, 0.1) is 11.8 Å². The van der Waals surface area contributed by atoms with Crippen molar-refractivity contribution in [2.45, 2.75) is 57.8 Å². The van der Waals surface area contributed by atoms with E-state index in [2.05, 4.69) is 5.32 Å². The Bertz CT molecular complexity index is 411. The second-order valence-corrected chi connectivity index (χ2v) is 8.72. The Morgan fingerprint density at radius 3 is 2.20 bits per heavy atom. The van der Waals surface area contributed by atoms with Crippen molar-refractivity contribution in [1.29, 1.82) is 0 Å². The number of nitrogens with one attached hydrogen (secondary N) is 1. The van der Waals surface area contributed by atoms with Crippen molar-refractivity contribution >= 4 is 15.7 Å². The fourth-order valence-electron chi connectivity index (χ4n) is 3.37. The second-order valence-electron chi connectivity index (χ2n) is 6.49.